The Hall–Kier alpha value is -1.81. The number of hydrogen-bond acceptors (Lipinski definition) is 3. The summed E-state index contributed by atoms with van der Waals surface area (Å²) < 4.78 is 4.77. The summed E-state index contributed by atoms with van der Waals surface area (Å²) in [7, 11) is 1.38. The third kappa shape index (κ3) is 1.46. The van der Waals surface area contributed by atoms with Gasteiger partial charge in [-0.3, -0.25) is 4.79 Å². The molecule has 2 aromatic rings. The molecule has 1 fully saturated rings. The fourth-order valence-corrected chi connectivity index (χ4v) is 2.72. The van der Waals surface area contributed by atoms with Gasteiger partial charge in [0.05, 0.1) is 7.11 Å². The van der Waals surface area contributed by atoms with Crippen molar-refractivity contribution in [3.05, 3.63) is 36.0 Å². The normalized spacial score (nSPS) is 18.6. The number of methoxy groups -OCH3 is 1. The van der Waals surface area contributed by atoms with E-state index in [1.165, 1.54) is 7.11 Å². The van der Waals surface area contributed by atoms with Crippen molar-refractivity contribution >= 4 is 16.9 Å². The molecule has 1 heterocycles. The average Bonchev–Trinajstić information content (AvgIpc) is 3.10. The monoisotopic (exact) mass is 244 g/mol. The molecule has 0 amide bonds. The van der Waals surface area contributed by atoms with Crippen LogP contribution in [0.15, 0.2) is 30.5 Å². The predicted molar refractivity (Wildman–Crippen MR) is 69.2 cm³/mol. The summed E-state index contributed by atoms with van der Waals surface area (Å²) in [6.07, 6.45) is 3.84. The Morgan fingerprint density at radius 1 is 1.44 bits per heavy atom. The van der Waals surface area contributed by atoms with Crippen LogP contribution in [0.3, 0.4) is 0 Å². The summed E-state index contributed by atoms with van der Waals surface area (Å²) >= 11 is 0. The first kappa shape index (κ1) is 11.3. The minimum atomic E-state index is -0.582. The smallest absolute Gasteiger partial charge is 0.323 e. The van der Waals surface area contributed by atoms with Crippen molar-refractivity contribution in [2.24, 2.45) is 5.73 Å². The van der Waals surface area contributed by atoms with Gasteiger partial charge in [-0.05, 0) is 24.5 Å². The molecule has 1 unspecified atom stereocenters. The van der Waals surface area contributed by atoms with Crippen LogP contribution in [0.25, 0.3) is 10.9 Å². The Kier molecular flexibility index (Phi) is 2.41. The zero-order valence-corrected chi connectivity index (χ0v) is 10.3. The molecule has 0 saturated heterocycles. The van der Waals surface area contributed by atoms with Crippen molar-refractivity contribution in [2.75, 3.05) is 7.11 Å². The molecule has 1 aliphatic carbocycles. The molecule has 1 atom stereocenters. The molecule has 1 aliphatic rings. The van der Waals surface area contributed by atoms with Crippen LogP contribution in [-0.2, 0) is 14.9 Å². The summed E-state index contributed by atoms with van der Waals surface area (Å²) in [5, 5.41) is 1.15. The van der Waals surface area contributed by atoms with E-state index in [9.17, 15) is 4.79 Å². The van der Waals surface area contributed by atoms with E-state index in [4.69, 9.17) is 10.5 Å². The zero-order valence-electron chi connectivity index (χ0n) is 10.3. The van der Waals surface area contributed by atoms with Crippen molar-refractivity contribution < 1.29 is 9.53 Å². The first-order chi connectivity index (χ1) is 8.69. The Labute approximate surface area is 105 Å². The molecule has 94 valence electrons. The minimum Gasteiger partial charge on any atom is -0.468 e. The van der Waals surface area contributed by atoms with Crippen LogP contribution in [-0.4, -0.2) is 24.1 Å². The highest BCUT2D eigenvalue weighted by Gasteiger charge is 2.53. The van der Waals surface area contributed by atoms with Gasteiger partial charge in [0.25, 0.3) is 0 Å². The molecule has 3 rings (SSSR count). The summed E-state index contributed by atoms with van der Waals surface area (Å²) in [5.41, 5.74) is 8.03. The second-order valence-electron chi connectivity index (χ2n) is 4.90. The number of nitrogens with one attached hydrogen (secondary N) is 1. The fourth-order valence-electron chi connectivity index (χ4n) is 2.72. The molecule has 0 bridgehead atoms. The van der Waals surface area contributed by atoms with Gasteiger partial charge in [0, 0.05) is 22.5 Å². The van der Waals surface area contributed by atoms with Crippen molar-refractivity contribution in [2.45, 2.75) is 24.3 Å². The maximum atomic E-state index is 11.7. The number of hydrogen-bond donors (Lipinski definition) is 2. The van der Waals surface area contributed by atoms with Gasteiger partial charge in [-0.1, -0.05) is 18.2 Å². The molecule has 1 saturated carbocycles. The Bertz CT molecular complexity index is 599. The van der Waals surface area contributed by atoms with Gasteiger partial charge in [0.2, 0.25) is 0 Å². The SMILES string of the molecule is COC(=O)C(N)C1(c2c[nH]c3ccccc23)CC1. The number of nitrogens with two attached hydrogens (primary N) is 1. The van der Waals surface area contributed by atoms with Gasteiger partial charge < -0.3 is 15.5 Å². The second kappa shape index (κ2) is 3.85. The van der Waals surface area contributed by atoms with Crippen molar-refractivity contribution in [3.63, 3.8) is 0 Å². The molecule has 0 spiro atoms. The largest absolute Gasteiger partial charge is 0.468 e. The zero-order chi connectivity index (χ0) is 12.8. The Balaban J connectivity index is 2.07. The number of ether oxygens (including phenoxy) is 1. The fraction of sp³-hybridized carbons (Fsp3) is 0.357. The van der Waals surface area contributed by atoms with Crippen LogP contribution < -0.4 is 5.73 Å². The molecular weight excluding hydrogens is 228 g/mol. The summed E-state index contributed by atoms with van der Waals surface area (Å²) in [4.78, 5) is 14.9. The molecule has 3 N–H and O–H groups in total. The number of para-hydroxylation sites is 1. The van der Waals surface area contributed by atoms with Crippen molar-refractivity contribution in [3.8, 4) is 0 Å². The van der Waals surface area contributed by atoms with Crippen LogP contribution in [0.1, 0.15) is 18.4 Å². The van der Waals surface area contributed by atoms with E-state index in [0.29, 0.717) is 0 Å². The van der Waals surface area contributed by atoms with Gasteiger partial charge in [-0.25, -0.2) is 0 Å². The quantitative estimate of drug-likeness (QED) is 0.807. The van der Waals surface area contributed by atoms with Crippen molar-refractivity contribution in [1.29, 1.82) is 0 Å². The number of carbonyl (C=O) groups excluding carboxylic acids is 1. The second-order valence-corrected chi connectivity index (χ2v) is 4.90. The molecule has 1 aromatic carbocycles. The van der Waals surface area contributed by atoms with Crippen LogP contribution in [0.4, 0.5) is 0 Å². The highest BCUT2D eigenvalue weighted by atomic mass is 16.5. The lowest BCUT2D eigenvalue weighted by Gasteiger charge is -2.20. The summed E-state index contributed by atoms with van der Waals surface area (Å²) in [6, 6.07) is 7.49. The average molecular weight is 244 g/mol. The van der Waals surface area contributed by atoms with E-state index in [0.717, 1.165) is 29.3 Å². The lowest BCUT2D eigenvalue weighted by atomic mass is 9.88. The maximum absolute atomic E-state index is 11.7. The maximum Gasteiger partial charge on any atom is 0.323 e. The van der Waals surface area contributed by atoms with E-state index < -0.39 is 6.04 Å². The topological polar surface area (TPSA) is 68.1 Å². The minimum absolute atomic E-state index is 0.243. The van der Waals surface area contributed by atoms with Gasteiger partial charge >= 0.3 is 5.97 Å². The molecular formula is C14H16N2O2. The van der Waals surface area contributed by atoms with Gasteiger partial charge in [-0.2, -0.15) is 0 Å². The number of aromatic amines is 1. The van der Waals surface area contributed by atoms with E-state index in [-0.39, 0.29) is 11.4 Å². The van der Waals surface area contributed by atoms with Gasteiger partial charge in [0.1, 0.15) is 6.04 Å². The standard InChI is InChI=1S/C14H16N2O2/c1-18-13(17)12(15)14(6-7-14)10-8-16-11-5-3-2-4-9(10)11/h2-5,8,12,16H,6-7,15H2,1H3. The first-order valence-corrected chi connectivity index (χ1v) is 6.09. The lowest BCUT2D eigenvalue weighted by Crippen LogP contribution is -2.42. The number of benzene rings is 1. The van der Waals surface area contributed by atoms with Crippen LogP contribution >= 0.6 is 0 Å². The molecule has 0 aliphatic heterocycles. The third-order valence-corrected chi connectivity index (χ3v) is 3.96. The molecule has 18 heavy (non-hydrogen) atoms. The van der Waals surface area contributed by atoms with Crippen molar-refractivity contribution in [1.82, 2.24) is 4.98 Å². The highest BCUT2D eigenvalue weighted by Crippen LogP contribution is 2.52. The summed E-state index contributed by atoms with van der Waals surface area (Å²) in [6.45, 7) is 0. The third-order valence-electron chi connectivity index (χ3n) is 3.96. The number of H-pyrrole nitrogens is 1. The van der Waals surface area contributed by atoms with E-state index in [1.807, 2.05) is 24.4 Å². The number of fused-ring (bicyclic) bond motifs is 1. The number of aromatic nitrogens is 1. The van der Waals surface area contributed by atoms with E-state index >= 15 is 0 Å². The summed E-state index contributed by atoms with van der Waals surface area (Å²) in [5.74, 6) is -0.335. The Morgan fingerprint density at radius 2 is 2.17 bits per heavy atom. The molecule has 4 nitrogen and oxygen atoms in total. The first-order valence-electron chi connectivity index (χ1n) is 6.09. The van der Waals surface area contributed by atoms with Crippen LogP contribution in [0, 0.1) is 0 Å². The van der Waals surface area contributed by atoms with Gasteiger partial charge in [0.15, 0.2) is 0 Å². The van der Waals surface area contributed by atoms with Gasteiger partial charge in [-0.15, -0.1) is 0 Å². The number of carbonyl (C=O) groups is 1. The number of esters is 1. The van der Waals surface area contributed by atoms with Crippen LogP contribution in [0.2, 0.25) is 0 Å². The molecule has 0 radical (unpaired) electrons. The molecule has 4 heteroatoms. The lowest BCUT2D eigenvalue weighted by molar-refractivity contribution is -0.143. The highest BCUT2D eigenvalue weighted by molar-refractivity contribution is 5.87. The molecule has 1 aromatic heterocycles. The number of rotatable bonds is 3. The van der Waals surface area contributed by atoms with Crippen LogP contribution in [0.5, 0.6) is 0 Å². The van der Waals surface area contributed by atoms with E-state index in [2.05, 4.69) is 11.1 Å². The Morgan fingerprint density at radius 3 is 2.83 bits per heavy atom. The van der Waals surface area contributed by atoms with E-state index in [1.54, 1.807) is 0 Å². The predicted octanol–water partition coefficient (Wildman–Crippen LogP) is 1.70.